The molecule has 9 heteroatoms. The number of sulfone groups is 1. The van der Waals surface area contributed by atoms with Gasteiger partial charge in [0.2, 0.25) is 5.91 Å². The maximum Gasteiger partial charge on any atom is 0.318 e. The second-order valence-corrected chi connectivity index (χ2v) is 10.1. The molecule has 3 heterocycles. The summed E-state index contributed by atoms with van der Waals surface area (Å²) in [6.45, 7) is 2.59. The molecule has 2 aliphatic rings. The van der Waals surface area contributed by atoms with Gasteiger partial charge in [-0.3, -0.25) is 4.79 Å². The van der Waals surface area contributed by atoms with Crippen molar-refractivity contribution in [3.05, 3.63) is 35.5 Å². The molecule has 1 aromatic heterocycles. The minimum atomic E-state index is -3.10. The van der Waals surface area contributed by atoms with Crippen LogP contribution in [0.5, 0.6) is 0 Å². The fraction of sp³-hybridized carbons (Fsp3) is 0.474. The van der Waals surface area contributed by atoms with Crippen molar-refractivity contribution >= 4 is 32.7 Å². The Labute approximate surface area is 163 Å². The number of aromatic nitrogens is 1. The van der Waals surface area contributed by atoms with Gasteiger partial charge in [-0.05, 0) is 31.4 Å². The Morgan fingerprint density at radius 3 is 2.82 bits per heavy atom. The van der Waals surface area contributed by atoms with Gasteiger partial charge in [0.1, 0.15) is 0 Å². The molecule has 28 heavy (non-hydrogen) atoms. The fourth-order valence-corrected chi connectivity index (χ4v) is 6.22. The van der Waals surface area contributed by atoms with E-state index in [4.69, 9.17) is 0 Å². The third-order valence-electron chi connectivity index (χ3n) is 5.51. The van der Waals surface area contributed by atoms with E-state index < -0.39 is 15.4 Å². The summed E-state index contributed by atoms with van der Waals surface area (Å²) in [7, 11) is -3.10. The Hall–Kier alpha value is -2.55. The van der Waals surface area contributed by atoms with Crippen molar-refractivity contribution in [1.82, 2.24) is 20.5 Å². The Morgan fingerprint density at radius 2 is 2.07 bits per heavy atom. The van der Waals surface area contributed by atoms with Crippen LogP contribution >= 0.6 is 0 Å². The van der Waals surface area contributed by atoms with Crippen molar-refractivity contribution < 1.29 is 18.0 Å². The lowest BCUT2D eigenvalue weighted by Gasteiger charge is -2.28. The number of nitrogens with one attached hydrogen (secondary N) is 3. The highest BCUT2D eigenvalue weighted by Gasteiger charge is 2.39. The Balaban J connectivity index is 1.33. The number of fused-ring (bicyclic) bond motifs is 3. The molecule has 0 bridgehead atoms. The largest absolute Gasteiger partial charge is 0.357 e. The van der Waals surface area contributed by atoms with E-state index in [1.807, 2.05) is 18.2 Å². The zero-order valence-electron chi connectivity index (χ0n) is 15.7. The number of hydrogen-bond acceptors (Lipinski definition) is 4. The van der Waals surface area contributed by atoms with Gasteiger partial charge in [-0.15, -0.1) is 0 Å². The van der Waals surface area contributed by atoms with Gasteiger partial charge in [-0.2, -0.15) is 0 Å². The molecule has 1 atom stereocenters. The minimum Gasteiger partial charge on any atom is -0.357 e. The average molecular weight is 404 g/mol. The van der Waals surface area contributed by atoms with Crippen molar-refractivity contribution in [2.45, 2.75) is 31.8 Å². The first kappa shape index (κ1) is 18.8. The van der Waals surface area contributed by atoms with Gasteiger partial charge in [0.15, 0.2) is 9.84 Å². The molecule has 3 N–H and O–H groups in total. The van der Waals surface area contributed by atoms with E-state index in [1.165, 1.54) is 10.9 Å². The average Bonchev–Trinajstić information content (AvgIpc) is 3.15. The monoisotopic (exact) mass is 404 g/mol. The fourth-order valence-electron chi connectivity index (χ4n) is 4.12. The van der Waals surface area contributed by atoms with Crippen molar-refractivity contribution in [2.75, 3.05) is 24.6 Å². The molecule has 1 aromatic carbocycles. The quantitative estimate of drug-likeness (QED) is 0.707. The molecule has 150 valence electrons. The van der Waals surface area contributed by atoms with Gasteiger partial charge in [0.25, 0.3) is 0 Å². The molecular formula is C19H24N4O4S. The molecule has 0 aliphatic carbocycles. The van der Waals surface area contributed by atoms with Crippen LogP contribution in [-0.2, 0) is 27.6 Å². The summed E-state index contributed by atoms with van der Waals surface area (Å²) >= 11 is 0. The first-order valence-corrected chi connectivity index (χ1v) is 11.2. The highest BCUT2D eigenvalue weighted by molar-refractivity contribution is 7.91. The van der Waals surface area contributed by atoms with Gasteiger partial charge in [-0.25, -0.2) is 13.2 Å². The van der Waals surface area contributed by atoms with Gasteiger partial charge in [0, 0.05) is 23.1 Å². The number of para-hydroxylation sites is 1. The minimum absolute atomic E-state index is 0.0605. The predicted molar refractivity (Wildman–Crippen MR) is 106 cm³/mol. The molecule has 0 saturated carbocycles. The summed E-state index contributed by atoms with van der Waals surface area (Å²) < 4.78 is 23.3. The molecule has 2 aromatic rings. The molecular weight excluding hydrogens is 380 g/mol. The first-order chi connectivity index (χ1) is 13.2. The zero-order valence-corrected chi connectivity index (χ0v) is 16.6. The molecule has 0 radical (unpaired) electrons. The molecule has 1 fully saturated rings. The number of benzene rings is 1. The van der Waals surface area contributed by atoms with E-state index >= 15 is 0 Å². The standard InChI is InChI=1S/C19H24N4O4S/c1-19(7-9-28(26,27)12-19)22-17(24)10-20-18(25)23-8-6-14-13-4-2-3-5-15(13)21-16(14)11-23/h2-5,21H,6-12H2,1H3,(H,20,25)(H,22,24)/t19-/m1/s1. The van der Waals surface area contributed by atoms with Crippen LogP contribution in [0.4, 0.5) is 4.79 Å². The highest BCUT2D eigenvalue weighted by atomic mass is 32.2. The third-order valence-corrected chi connectivity index (χ3v) is 7.42. The Bertz CT molecular complexity index is 1050. The number of H-pyrrole nitrogens is 1. The lowest BCUT2D eigenvalue weighted by Crippen LogP contribution is -2.52. The first-order valence-electron chi connectivity index (χ1n) is 9.37. The predicted octanol–water partition coefficient (Wildman–Crippen LogP) is 0.929. The van der Waals surface area contributed by atoms with Crippen molar-refractivity contribution in [1.29, 1.82) is 0 Å². The molecule has 1 saturated heterocycles. The van der Waals surface area contributed by atoms with Crippen LogP contribution in [0, 0.1) is 0 Å². The van der Waals surface area contributed by atoms with Crippen LogP contribution in [0.2, 0.25) is 0 Å². The Kier molecular flexibility index (Phi) is 4.57. The summed E-state index contributed by atoms with van der Waals surface area (Å²) in [6, 6.07) is 7.78. The summed E-state index contributed by atoms with van der Waals surface area (Å²) in [5.74, 6) is -0.359. The number of carbonyl (C=O) groups excluding carboxylic acids is 2. The zero-order chi connectivity index (χ0) is 19.9. The summed E-state index contributed by atoms with van der Waals surface area (Å²) in [5.41, 5.74) is 2.57. The SMILES string of the molecule is C[C@@]1(NC(=O)CNC(=O)N2CCc3c([nH]c4ccccc34)C2)CCS(=O)(=O)C1. The number of hydrogen-bond donors (Lipinski definition) is 3. The molecule has 2 aliphatic heterocycles. The molecule has 4 rings (SSSR count). The number of nitrogens with zero attached hydrogens (tertiary/aromatic N) is 1. The summed E-state index contributed by atoms with van der Waals surface area (Å²) in [6.07, 6.45) is 1.15. The van der Waals surface area contributed by atoms with E-state index in [-0.39, 0.29) is 30.0 Å². The maximum atomic E-state index is 12.5. The van der Waals surface area contributed by atoms with Gasteiger partial charge in [0.05, 0.1) is 30.1 Å². The van der Waals surface area contributed by atoms with E-state index in [9.17, 15) is 18.0 Å². The second kappa shape index (κ2) is 6.80. The third kappa shape index (κ3) is 3.71. The van der Waals surface area contributed by atoms with Gasteiger partial charge >= 0.3 is 6.03 Å². The summed E-state index contributed by atoms with van der Waals surface area (Å²) in [5, 5.41) is 6.58. The van der Waals surface area contributed by atoms with Crippen molar-refractivity contribution in [3.63, 3.8) is 0 Å². The van der Waals surface area contributed by atoms with Crippen LogP contribution < -0.4 is 10.6 Å². The number of aromatic amines is 1. The van der Waals surface area contributed by atoms with Crippen LogP contribution in [0.1, 0.15) is 24.6 Å². The highest BCUT2D eigenvalue weighted by Crippen LogP contribution is 2.27. The van der Waals surface area contributed by atoms with Crippen molar-refractivity contribution in [3.8, 4) is 0 Å². The molecule has 3 amide bonds. The van der Waals surface area contributed by atoms with E-state index in [1.54, 1.807) is 11.8 Å². The van der Waals surface area contributed by atoms with E-state index in [0.717, 1.165) is 17.6 Å². The van der Waals surface area contributed by atoms with Gasteiger partial charge < -0.3 is 20.5 Å². The van der Waals surface area contributed by atoms with Crippen LogP contribution in [0.25, 0.3) is 10.9 Å². The van der Waals surface area contributed by atoms with Crippen LogP contribution in [0.15, 0.2) is 24.3 Å². The summed E-state index contributed by atoms with van der Waals surface area (Å²) in [4.78, 5) is 29.7. The molecule has 0 spiro atoms. The lowest BCUT2D eigenvalue weighted by atomic mass is 10.0. The lowest BCUT2D eigenvalue weighted by molar-refractivity contribution is -0.121. The smallest absolute Gasteiger partial charge is 0.318 e. The van der Waals surface area contributed by atoms with E-state index in [2.05, 4.69) is 21.7 Å². The van der Waals surface area contributed by atoms with E-state index in [0.29, 0.717) is 19.5 Å². The van der Waals surface area contributed by atoms with Crippen molar-refractivity contribution in [2.24, 2.45) is 0 Å². The van der Waals surface area contributed by atoms with Crippen LogP contribution in [-0.4, -0.2) is 60.4 Å². The number of carbonyl (C=O) groups is 2. The molecule has 8 nitrogen and oxygen atoms in total. The number of rotatable bonds is 3. The topological polar surface area (TPSA) is 111 Å². The van der Waals surface area contributed by atoms with Gasteiger partial charge in [-0.1, -0.05) is 18.2 Å². The normalized spacial score (nSPS) is 23.4. The Morgan fingerprint density at radius 1 is 1.29 bits per heavy atom. The number of amides is 3. The second-order valence-electron chi connectivity index (χ2n) is 7.91. The molecule has 0 unspecified atom stereocenters. The van der Waals surface area contributed by atoms with Crippen LogP contribution in [0.3, 0.4) is 0 Å². The number of urea groups is 1. The maximum absolute atomic E-state index is 12.5.